The monoisotopic (exact) mass is 316 g/mol. The number of hydrogen-bond acceptors (Lipinski definition) is 2. The summed E-state index contributed by atoms with van der Waals surface area (Å²) in [6.45, 7) is 4.94. The van der Waals surface area contributed by atoms with Crippen LogP contribution in [0.1, 0.15) is 77.6 Å². The normalized spacial score (nSPS) is 10.6. The fourth-order valence-corrected chi connectivity index (χ4v) is 2.50. The fraction of sp³-hybridized carbons (Fsp3) is 0.941. The average molecular weight is 317 g/mol. The molecule has 0 saturated carbocycles. The molecule has 0 saturated heterocycles. The Kier molecular flexibility index (Phi) is 17.4. The van der Waals surface area contributed by atoms with E-state index in [-0.39, 0.29) is 0 Å². The van der Waals surface area contributed by atoms with Crippen molar-refractivity contribution in [3.8, 4) is 0 Å². The molecule has 2 N–H and O–H groups in total. The molecule has 0 aliphatic heterocycles. The van der Waals surface area contributed by atoms with Crippen LogP contribution in [0.25, 0.3) is 0 Å². The van der Waals surface area contributed by atoms with Gasteiger partial charge in [-0.3, -0.25) is 0 Å². The SMILES string of the molecule is CCCCCCCCCCCCNC(=S)NCCCOC. The molecule has 0 radical (unpaired) electrons. The van der Waals surface area contributed by atoms with Crippen molar-refractivity contribution in [2.24, 2.45) is 0 Å². The van der Waals surface area contributed by atoms with Crippen LogP contribution in [0, 0.1) is 0 Å². The second kappa shape index (κ2) is 17.7. The van der Waals surface area contributed by atoms with Crippen molar-refractivity contribution in [2.75, 3.05) is 26.8 Å². The maximum absolute atomic E-state index is 5.21. The zero-order valence-corrected chi connectivity index (χ0v) is 15.0. The molecule has 0 bridgehead atoms. The summed E-state index contributed by atoms with van der Waals surface area (Å²) in [5.74, 6) is 0. The summed E-state index contributed by atoms with van der Waals surface area (Å²) >= 11 is 5.21. The molecule has 0 aromatic carbocycles. The van der Waals surface area contributed by atoms with Crippen LogP contribution < -0.4 is 10.6 Å². The molecule has 0 atom stereocenters. The van der Waals surface area contributed by atoms with Crippen LogP contribution in [0.15, 0.2) is 0 Å². The summed E-state index contributed by atoms with van der Waals surface area (Å²) in [6.07, 6.45) is 14.7. The minimum Gasteiger partial charge on any atom is -0.385 e. The Balaban J connectivity index is 3.09. The van der Waals surface area contributed by atoms with Gasteiger partial charge >= 0.3 is 0 Å². The molecule has 0 heterocycles. The lowest BCUT2D eigenvalue weighted by Gasteiger charge is -2.10. The largest absolute Gasteiger partial charge is 0.385 e. The standard InChI is InChI=1S/C17H36N2OS/c1-3-4-5-6-7-8-9-10-11-12-14-18-17(21)19-15-13-16-20-2/h3-16H2,1-2H3,(H2,18,19,21). The first kappa shape index (κ1) is 20.6. The Morgan fingerprint density at radius 1 is 0.762 bits per heavy atom. The number of thiocarbonyl (C=S) groups is 1. The van der Waals surface area contributed by atoms with Gasteiger partial charge in [0, 0.05) is 26.8 Å². The van der Waals surface area contributed by atoms with Gasteiger partial charge in [-0.25, -0.2) is 0 Å². The molecule has 0 fully saturated rings. The van der Waals surface area contributed by atoms with Crippen molar-refractivity contribution in [1.29, 1.82) is 0 Å². The Hall–Kier alpha value is -0.350. The number of rotatable bonds is 15. The zero-order chi connectivity index (χ0) is 15.6. The second-order valence-electron chi connectivity index (χ2n) is 5.71. The number of nitrogens with one attached hydrogen (secondary N) is 2. The van der Waals surface area contributed by atoms with Crippen LogP contribution in [-0.4, -0.2) is 31.9 Å². The number of hydrogen-bond donors (Lipinski definition) is 2. The molecule has 0 aromatic heterocycles. The number of unbranched alkanes of at least 4 members (excludes halogenated alkanes) is 9. The molecule has 0 amide bonds. The quantitative estimate of drug-likeness (QED) is 0.346. The van der Waals surface area contributed by atoms with E-state index in [1.54, 1.807) is 7.11 Å². The van der Waals surface area contributed by atoms with Crippen molar-refractivity contribution in [1.82, 2.24) is 10.6 Å². The third-order valence-electron chi connectivity index (χ3n) is 3.63. The van der Waals surface area contributed by atoms with Crippen molar-refractivity contribution >= 4 is 17.3 Å². The Labute approximate surface area is 137 Å². The summed E-state index contributed by atoms with van der Waals surface area (Å²) in [4.78, 5) is 0. The lowest BCUT2D eigenvalue weighted by Crippen LogP contribution is -2.36. The minimum atomic E-state index is 0.780. The first-order valence-electron chi connectivity index (χ1n) is 8.82. The highest BCUT2D eigenvalue weighted by Gasteiger charge is 1.95. The smallest absolute Gasteiger partial charge is 0.166 e. The molecule has 0 aliphatic carbocycles. The summed E-state index contributed by atoms with van der Waals surface area (Å²) in [5, 5.41) is 7.24. The maximum Gasteiger partial charge on any atom is 0.166 e. The number of ether oxygens (including phenoxy) is 1. The summed E-state index contributed by atoms with van der Waals surface area (Å²) < 4.78 is 4.99. The zero-order valence-electron chi connectivity index (χ0n) is 14.2. The van der Waals surface area contributed by atoms with Gasteiger partial charge in [0.05, 0.1) is 0 Å². The van der Waals surface area contributed by atoms with Gasteiger partial charge < -0.3 is 15.4 Å². The summed E-state index contributed by atoms with van der Waals surface area (Å²) in [6, 6.07) is 0. The first-order chi connectivity index (χ1) is 10.3. The third kappa shape index (κ3) is 17.6. The summed E-state index contributed by atoms with van der Waals surface area (Å²) in [7, 11) is 1.72. The molecular formula is C17H36N2OS. The van der Waals surface area contributed by atoms with Crippen LogP contribution >= 0.6 is 12.2 Å². The molecule has 3 nitrogen and oxygen atoms in total. The van der Waals surface area contributed by atoms with Crippen LogP contribution in [0.5, 0.6) is 0 Å². The van der Waals surface area contributed by atoms with E-state index in [1.165, 1.54) is 64.2 Å². The van der Waals surface area contributed by atoms with Crippen molar-refractivity contribution in [2.45, 2.75) is 77.6 Å². The third-order valence-corrected chi connectivity index (χ3v) is 3.92. The topological polar surface area (TPSA) is 33.3 Å². The highest BCUT2D eigenvalue weighted by Crippen LogP contribution is 2.10. The van der Waals surface area contributed by atoms with E-state index in [9.17, 15) is 0 Å². The maximum atomic E-state index is 5.21. The van der Waals surface area contributed by atoms with Gasteiger partial charge in [-0.1, -0.05) is 64.7 Å². The van der Waals surface area contributed by atoms with E-state index in [4.69, 9.17) is 17.0 Å². The van der Waals surface area contributed by atoms with Gasteiger partial charge in [-0.05, 0) is 25.1 Å². The second-order valence-corrected chi connectivity index (χ2v) is 6.12. The fourth-order valence-electron chi connectivity index (χ4n) is 2.30. The van der Waals surface area contributed by atoms with Gasteiger partial charge in [0.1, 0.15) is 0 Å². The Morgan fingerprint density at radius 2 is 1.24 bits per heavy atom. The molecule has 21 heavy (non-hydrogen) atoms. The van der Waals surface area contributed by atoms with E-state index in [2.05, 4.69) is 17.6 Å². The van der Waals surface area contributed by atoms with Crippen molar-refractivity contribution in [3.63, 3.8) is 0 Å². The van der Waals surface area contributed by atoms with Gasteiger partial charge in [0.15, 0.2) is 5.11 Å². The van der Waals surface area contributed by atoms with Crippen molar-refractivity contribution < 1.29 is 4.74 Å². The first-order valence-corrected chi connectivity index (χ1v) is 9.22. The molecule has 0 aliphatic rings. The van der Waals surface area contributed by atoms with E-state index in [0.29, 0.717) is 0 Å². The molecule has 0 aromatic rings. The van der Waals surface area contributed by atoms with E-state index >= 15 is 0 Å². The number of methoxy groups -OCH3 is 1. The van der Waals surface area contributed by atoms with Gasteiger partial charge in [0.25, 0.3) is 0 Å². The minimum absolute atomic E-state index is 0.780. The lowest BCUT2D eigenvalue weighted by atomic mass is 10.1. The molecule has 126 valence electrons. The summed E-state index contributed by atoms with van der Waals surface area (Å²) in [5.41, 5.74) is 0. The van der Waals surface area contributed by atoms with Gasteiger partial charge in [-0.2, -0.15) is 0 Å². The van der Waals surface area contributed by atoms with Gasteiger partial charge in [-0.15, -0.1) is 0 Å². The molecular weight excluding hydrogens is 280 g/mol. The van der Waals surface area contributed by atoms with Crippen molar-refractivity contribution in [3.05, 3.63) is 0 Å². The van der Waals surface area contributed by atoms with Crippen LogP contribution in [-0.2, 0) is 4.74 Å². The predicted octanol–water partition coefficient (Wildman–Crippen LogP) is 4.41. The highest BCUT2D eigenvalue weighted by molar-refractivity contribution is 7.80. The molecule has 0 rings (SSSR count). The predicted molar refractivity (Wildman–Crippen MR) is 96.9 cm³/mol. The van der Waals surface area contributed by atoms with Crippen LogP contribution in [0.4, 0.5) is 0 Å². The molecule has 0 spiro atoms. The van der Waals surface area contributed by atoms with E-state index < -0.39 is 0 Å². The Bertz CT molecular complexity index is 225. The van der Waals surface area contributed by atoms with E-state index in [1.807, 2.05) is 0 Å². The molecule has 4 heteroatoms. The van der Waals surface area contributed by atoms with Crippen LogP contribution in [0.3, 0.4) is 0 Å². The van der Waals surface area contributed by atoms with Crippen LogP contribution in [0.2, 0.25) is 0 Å². The highest BCUT2D eigenvalue weighted by atomic mass is 32.1. The molecule has 0 unspecified atom stereocenters. The Morgan fingerprint density at radius 3 is 1.76 bits per heavy atom. The van der Waals surface area contributed by atoms with Gasteiger partial charge in [0.2, 0.25) is 0 Å². The lowest BCUT2D eigenvalue weighted by molar-refractivity contribution is 0.195. The average Bonchev–Trinajstić information content (AvgIpc) is 2.49. The van der Waals surface area contributed by atoms with E-state index in [0.717, 1.165) is 31.2 Å².